The third kappa shape index (κ3) is 3.75. The molecule has 0 aliphatic carbocycles. The fourth-order valence-electron chi connectivity index (χ4n) is 1.63. The Morgan fingerprint density at radius 3 is 2.67 bits per heavy atom. The molecule has 1 aliphatic heterocycles. The normalized spacial score (nSPS) is 21.1. The average molecular weight is 214 g/mol. The van der Waals surface area contributed by atoms with Crippen LogP contribution in [0.1, 0.15) is 6.42 Å². The predicted octanol–water partition coefficient (Wildman–Crippen LogP) is -1.26. The van der Waals surface area contributed by atoms with E-state index in [0.717, 1.165) is 19.5 Å². The summed E-state index contributed by atoms with van der Waals surface area (Å²) in [7, 11) is 3.21. The van der Waals surface area contributed by atoms with Gasteiger partial charge in [-0.05, 0) is 6.42 Å². The SMILES string of the molecule is CNC(=O)CN1CCC(NC(=O)NC)C1. The minimum atomic E-state index is -0.165. The van der Waals surface area contributed by atoms with Gasteiger partial charge in [0.2, 0.25) is 5.91 Å². The van der Waals surface area contributed by atoms with Crippen LogP contribution < -0.4 is 16.0 Å². The van der Waals surface area contributed by atoms with Crippen LogP contribution in [-0.4, -0.2) is 56.6 Å². The van der Waals surface area contributed by atoms with Crippen molar-refractivity contribution in [2.75, 3.05) is 33.7 Å². The molecule has 15 heavy (non-hydrogen) atoms. The summed E-state index contributed by atoms with van der Waals surface area (Å²) in [6.07, 6.45) is 0.893. The number of rotatable bonds is 3. The van der Waals surface area contributed by atoms with Crippen LogP contribution in [0.15, 0.2) is 0 Å². The number of amides is 3. The zero-order valence-corrected chi connectivity index (χ0v) is 9.17. The Kier molecular flexibility index (Phi) is 4.36. The topological polar surface area (TPSA) is 73.5 Å². The maximum atomic E-state index is 11.1. The van der Waals surface area contributed by atoms with E-state index in [1.165, 1.54) is 0 Å². The third-order valence-corrected chi connectivity index (χ3v) is 2.48. The van der Waals surface area contributed by atoms with E-state index in [1.807, 2.05) is 4.90 Å². The molecule has 6 heteroatoms. The van der Waals surface area contributed by atoms with Gasteiger partial charge in [-0.25, -0.2) is 4.79 Å². The first-order chi connectivity index (χ1) is 7.15. The second-order valence-corrected chi connectivity index (χ2v) is 3.62. The minimum Gasteiger partial charge on any atom is -0.358 e. The van der Waals surface area contributed by atoms with Gasteiger partial charge in [0.25, 0.3) is 0 Å². The smallest absolute Gasteiger partial charge is 0.314 e. The highest BCUT2D eigenvalue weighted by Crippen LogP contribution is 2.07. The molecule has 0 bridgehead atoms. The highest BCUT2D eigenvalue weighted by Gasteiger charge is 2.24. The molecule has 3 amide bonds. The Hall–Kier alpha value is -1.30. The van der Waals surface area contributed by atoms with Gasteiger partial charge in [0.1, 0.15) is 0 Å². The van der Waals surface area contributed by atoms with Gasteiger partial charge in [-0.1, -0.05) is 0 Å². The molecular formula is C9H18N4O2. The molecule has 0 radical (unpaired) electrons. The van der Waals surface area contributed by atoms with Crippen molar-refractivity contribution in [3.05, 3.63) is 0 Å². The lowest BCUT2D eigenvalue weighted by atomic mass is 10.3. The van der Waals surface area contributed by atoms with Crippen molar-refractivity contribution >= 4 is 11.9 Å². The second kappa shape index (κ2) is 5.55. The number of carbonyl (C=O) groups is 2. The van der Waals surface area contributed by atoms with Gasteiger partial charge in [0, 0.05) is 33.2 Å². The molecule has 1 fully saturated rings. The number of hydrogen-bond acceptors (Lipinski definition) is 3. The molecule has 0 saturated carbocycles. The standard InChI is InChI=1S/C9H18N4O2/c1-10-8(14)6-13-4-3-7(5-13)12-9(15)11-2/h7H,3-6H2,1-2H3,(H,10,14)(H2,11,12,15). The molecule has 1 unspecified atom stereocenters. The number of carbonyl (C=O) groups excluding carboxylic acids is 2. The summed E-state index contributed by atoms with van der Waals surface area (Å²) >= 11 is 0. The first-order valence-electron chi connectivity index (χ1n) is 5.07. The minimum absolute atomic E-state index is 0.00981. The van der Waals surface area contributed by atoms with Crippen molar-refractivity contribution in [1.29, 1.82) is 0 Å². The molecule has 0 spiro atoms. The van der Waals surface area contributed by atoms with Crippen LogP contribution in [-0.2, 0) is 4.79 Å². The first kappa shape index (κ1) is 11.8. The molecule has 6 nitrogen and oxygen atoms in total. The summed E-state index contributed by atoms with van der Waals surface area (Å²) in [4.78, 5) is 24.2. The third-order valence-electron chi connectivity index (χ3n) is 2.48. The van der Waals surface area contributed by atoms with Crippen LogP contribution in [0, 0.1) is 0 Å². The fourth-order valence-corrected chi connectivity index (χ4v) is 1.63. The number of nitrogens with zero attached hydrogens (tertiary/aromatic N) is 1. The van der Waals surface area contributed by atoms with Gasteiger partial charge in [-0.2, -0.15) is 0 Å². The van der Waals surface area contributed by atoms with Gasteiger partial charge in [0.05, 0.1) is 6.54 Å². The largest absolute Gasteiger partial charge is 0.358 e. The highest BCUT2D eigenvalue weighted by molar-refractivity contribution is 5.77. The van der Waals surface area contributed by atoms with Crippen LogP contribution in [0.25, 0.3) is 0 Å². The van der Waals surface area contributed by atoms with E-state index in [1.54, 1.807) is 14.1 Å². The fraction of sp³-hybridized carbons (Fsp3) is 0.778. The molecule has 0 aromatic rings. The maximum Gasteiger partial charge on any atom is 0.314 e. The Morgan fingerprint density at radius 1 is 1.33 bits per heavy atom. The summed E-state index contributed by atoms with van der Waals surface area (Å²) < 4.78 is 0. The van der Waals surface area contributed by atoms with Crippen LogP contribution in [0.2, 0.25) is 0 Å². The van der Waals surface area contributed by atoms with Crippen molar-refractivity contribution in [1.82, 2.24) is 20.9 Å². The van der Waals surface area contributed by atoms with Crippen molar-refractivity contribution in [2.24, 2.45) is 0 Å². The Labute approximate surface area is 89.4 Å². The van der Waals surface area contributed by atoms with Crippen molar-refractivity contribution in [3.63, 3.8) is 0 Å². The molecule has 1 rings (SSSR count). The zero-order valence-electron chi connectivity index (χ0n) is 9.17. The summed E-state index contributed by atoms with van der Waals surface area (Å²) in [6.45, 7) is 1.99. The molecule has 86 valence electrons. The summed E-state index contributed by atoms with van der Waals surface area (Å²) in [5.74, 6) is 0.00981. The van der Waals surface area contributed by atoms with Crippen molar-refractivity contribution < 1.29 is 9.59 Å². The van der Waals surface area contributed by atoms with Gasteiger partial charge in [-0.3, -0.25) is 9.69 Å². The zero-order chi connectivity index (χ0) is 11.3. The average Bonchev–Trinajstić information content (AvgIpc) is 2.65. The Morgan fingerprint density at radius 2 is 2.07 bits per heavy atom. The number of likely N-dealkylation sites (tertiary alicyclic amines) is 1. The highest BCUT2D eigenvalue weighted by atomic mass is 16.2. The van der Waals surface area contributed by atoms with Crippen LogP contribution in [0.4, 0.5) is 4.79 Å². The van der Waals surface area contributed by atoms with E-state index in [2.05, 4.69) is 16.0 Å². The van der Waals surface area contributed by atoms with Crippen LogP contribution in [0.3, 0.4) is 0 Å². The van der Waals surface area contributed by atoms with Gasteiger partial charge in [0.15, 0.2) is 0 Å². The molecule has 1 aliphatic rings. The number of urea groups is 1. The number of likely N-dealkylation sites (N-methyl/N-ethyl adjacent to an activating group) is 1. The molecule has 0 aromatic carbocycles. The monoisotopic (exact) mass is 214 g/mol. The maximum absolute atomic E-state index is 11.1. The molecular weight excluding hydrogens is 196 g/mol. The van der Waals surface area contributed by atoms with Crippen LogP contribution >= 0.6 is 0 Å². The summed E-state index contributed by atoms with van der Waals surface area (Å²) in [6, 6.07) is -0.0172. The lowest BCUT2D eigenvalue weighted by Gasteiger charge is -2.15. The van der Waals surface area contributed by atoms with E-state index in [9.17, 15) is 9.59 Å². The quantitative estimate of drug-likeness (QED) is 0.549. The van der Waals surface area contributed by atoms with E-state index < -0.39 is 0 Å². The molecule has 0 aromatic heterocycles. The summed E-state index contributed by atoms with van der Waals surface area (Å²) in [5, 5.41) is 7.92. The van der Waals surface area contributed by atoms with Crippen molar-refractivity contribution in [2.45, 2.75) is 12.5 Å². The Balaban J connectivity index is 2.26. The first-order valence-corrected chi connectivity index (χ1v) is 5.07. The van der Waals surface area contributed by atoms with E-state index in [4.69, 9.17) is 0 Å². The van der Waals surface area contributed by atoms with Crippen LogP contribution in [0.5, 0.6) is 0 Å². The lowest BCUT2D eigenvalue weighted by Crippen LogP contribution is -2.42. The van der Waals surface area contributed by atoms with Gasteiger partial charge < -0.3 is 16.0 Å². The second-order valence-electron chi connectivity index (χ2n) is 3.62. The predicted molar refractivity (Wildman–Crippen MR) is 56.5 cm³/mol. The van der Waals surface area contributed by atoms with E-state index in [0.29, 0.717) is 6.54 Å². The van der Waals surface area contributed by atoms with Crippen molar-refractivity contribution in [3.8, 4) is 0 Å². The lowest BCUT2D eigenvalue weighted by molar-refractivity contribution is -0.121. The molecule has 3 N–H and O–H groups in total. The van der Waals surface area contributed by atoms with E-state index in [-0.39, 0.29) is 18.0 Å². The Bertz CT molecular complexity index is 220. The summed E-state index contributed by atoms with van der Waals surface area (Å²) in [5.41, 5.74) is 0. The van der Waals surface area contributed by atoms with Gasteiger partial charge in [-0.15, -0.1) is 0 Å². The molecule has 1 atom stereocenters. The molecule has 1 heterocycles. The number of hydrogen-bond donors (Lipinski definition) is 3. The van der Waals surface area contributed by atoms with Gasteiger partial charge >= 0.3 is 6.03 Å². The van der Waals surface area contributed by atoms with E-state index >= 15 is 0 Å². The molecule has 1 saturated heterocycles. The number of nitrogens with one attached hydrogen (secondary N) is 3.